The Labute approximate surface area is 183 Å². The Kier molecular flexibility index (Phi) is 5.99. The van der Waals surface area contributed by atoms with Crippen LogP contribution in [0.5, 0.6) is 0 Å². The maximum absolute atomic E-state index is 14.0. The van der Waals surface area contributed by atoms with Crippen molar-refractivity contribution >= 4 is 21.5 Å². The molecule has 2 aliphatic rings. The van der Waals surface area contributed by atoms with Crippen LogP contribution in [0.1, 0.15) is 16.7 Å². The molecule has 0 saturated carbocycles. The Morgan fingerprint density at radius 2 is 1.66 bits per heavy atom. The molecular formula is C21H22F4N4O2S. The lowest BCUT2D eigenvalue weighted by Gasteiger charge is -2.35. The summed E-state index contributed by atoms with van der Waals surface area (Å²) in [5.41, 5.74) is 0.440. The van der Waals surface area contributed by atoms with Gasteiger partial charge in [0, 0.05) is 38.3 Å². The number of alkyl halides is 3. The van der Waals surface area contributed by atoms with Crippen LogP contribution in [0.4, 0.5) is 23.2 Å². The minimum Gasteiger partial charge on any atom is -0.341 e. The van der Waals surface area contributed by atoms with Crippen LogP contribution >= 0.6 is 0 Å². The van der Waals surface area contributed by atoms with Gasteiger partial charge in [-0.05, 0) is 42.8 Å². The van der Waals surface area contributed by atoms with Crippen LogP contribution in [0.3, 0.4) is 0 Å². The highest BCUT2D eigenvalue weighted by Crippen LogP contribution is 2.31. The summed E-state index contributed by atoms with van der Waals surface area (Å²) in [5.74, 6) is -0.348. The Bertz CT molecular complexity index is 1160. The van der Waals surface area contributed by atoms with Crippen molar-refractivity contribution in [3.63, 3.8) is 0 Å². The molecule has 0 bridgehead atoms. The van der Waals surface area contributed by atoms with E-state index >= 15 is 0 Å². The number of rotatable bonds is 4. The van der Waals surface area contributed by atoms with Gasteiger partial charge in [-0.15, -0.1) is 4.40 Å². The van der Waals surface area contributed by atoms with E-state index in [1.165, 1.54) is 0 Å². The van der Waals surface area contributed by atoms with Gasteiger partial charge in [-0.25, -0.2) is 4.39 Å². The summed E-state index contributed by atoms with van der Waals surface area (Å²) in [4.78, 5) is 4.02. The van der Waals surface area contributed by atoms with Crippen LogP contribution in [0.2, 0.25) is 0 Å². The Hall–Kier alpha value is -2.50. The van der Waals surface area contributed by atoms with E-state index in [-0.39, 0.29) is 23.5 Å². The van der Waals surface area contributed by atoms with E-state index in [1.54, 1.807) is 19.1 Å². The summed E-state index contributed by atoms with van der Waals surface area (Å²) in [7, 11) is -3.78. The summed E-state index contributed by atoms with van der Waals surface area (Å²) >= 11 is 0. The van der Waals surface area contributed by atoms with Gasteiger partial charge in [0.15, 0.2) is 0 Å². The zero-order valence-corrected chi connectivity index (χ0v) is 18.1. The number of hydrogen-bond donors (Lipinski definition) is 1. The third kappa shape index (κ3) is 4.94. The van der Waals surface area contributed by atoms with Crippen molar-refractivity contribution in [1.82, 2.24) is 9.80 Å². The van der Waals surface area contributed by atoms with Crippen molar-refractivity contribution in [3.05, 3.63) is 58.9 Å². The summed E-state index contributed by atoms with van der Waals surface area (Å²) in [5, 5.41) is 3.07. The molecule has 0 atom stereocenters. The number of aryl methyl sites for hydroxylation is 1. The first-order valence-electron chi connectivity index (χ1n) is 10.0. The van der Waals surface area contributed by atoms with Gasteiger partial charge in [-0.1, -0.05) is 6.07 Å². The molecule has 6 nitrogen and oxygen atoms in total. The van der Waals surface area contributed by atoms with E-state index in [0.717, 1.165) is 23.8 Å². The van der Waals surface area contributed by atoms with Gasteiger partial charge in [0.2, 0.25) is 0 Å². The standard InChI is InChI=1S/C21H22F4N4O2S/c1-14-2-5-18-19(10-14)32(30,31)27-20(26-18)13-29-8-6-28(7-9-29)12-15-11-16(21(23,24)25)3-4-17(15)22/h2-5,10-11H,6-9,12-13H2,1H3,(H,26,27). The molecule has 1 fully saturated rings. The molecule has 0 amide bonds. The maximum atomic E-state index is 14.0. The summed E-state index contributed by atoms with van der Waals surface area (Å²) in [6.45, 7) is 4.27. The number of benzene rings is 2. The number of nitrogens with zero attached hydrogens (tertiary/aromatic N) is 3. The number of halogens is 4. The zero-order chi connectivity index (χ0) is 23.1. The highest BCUT2D eigenvalue weighted by Gasteiger charge is 2.31. The molecule has 0 radical (unpaired) electrons. The molecule has 1 N–H and O–H groups in total. The molecule has 172 valence electrons. The number of fused-ring (bicyclic) bond motifs is 1. The lowest BCUT2D eigenvalue weighted by atomic mass is 10.1. The predicted molar refractivity (Wildman–Crippen MR) is 113 cm³/mol. The fourth-order valence-electron chi connectivity index (χ4n) is 3.82. The van der Waals surface area contributed by atoms with Gasteiger partial charge >= 0.3 is 6.18 Å². The minimum atomic E-state index is -4.52. The molecular weight excluding hydrogens is 448 g/mol. The quantitative estimate of drug-likeness (QED) is 0.694. The SMILES string of the molecule is Cc1ccc2c(c1)S(=O)(=O)N=C(CN1CCN(Cc3cc(C(F)(F)F)ccc3F)CC1)N2. The van der Waals surface area contributed by atoms with Crippen LogP contribution in [0.25, 0.3) is 0 Å². The summed E-state index contributed by atoms with van der Waals surface area (Å²) in [6, 6.07) is 7.54. The number of nitrogens with one attached hydrogen (secondary N) is 1. The molecule has 2 aliphatic heterocycles. The van der Waals surface area contributed by atoms with E-state index < -0.39 is 27.6 Å². The number of anilines is 1. The van der Waals surface area contributed by atoms with E-state index in [0.29, 0.717) is 37.7 Å². The third-order valence-corrected chi connectivity index (χ3v) is 6.88. The molecule has 0 aliphatic carbocycles. The van der Waals surface area contributed by atoms with E-state index in [1.807, 2.05) is 15.9 Å². The molecule has 2 aromatic rings. The highest BCUT2D eigenvalue weighted by molar-refractivity contribution is 7.90. The molecule has 4 rings (SSSR count). The first-order chi connectivity index (χ1) is 15.0. The van der Waals surface area contributed by atoms with Crippen molar-refractivity contribution < 1.29 is 26.0 Å². The molecule has 0 unspecified atom stereocenters. The number of sulfonamides is 1. The number of piperazine rings is 1. The second-order valence-electron chi connectivity index (χ2n) is 7.99. The minimum absolute atomic E-state index is 0.00425. The van der Waals surface area contributed by atoms with Crippen molar-refractivity contribution in [3.8, 4) is 0 Å². The van der Waals surface area contributed by atoms with Crippen LogP contribution in [0.15, 0.2) is 45.7 Å². The molecule has 0 aromatic heterocycles. The molecule has 0 spiro atoms. The number of hydrogen-bond acceptors (Lipinski definition) is 5. The van der Waals surface area contributed by atoms with Crippen LogP contribution < -0.4 is 5.32 Å². The lowest BCUT2D eigenvalue weighted by Crippen LogP contribution is -2.48. The van der Waals surface area contributed by atoms with Crippen LogP contribution in [0, 0.1) is 12.7 Å². The van der Waals surface area contributed by atoms with E-state index in [9.17, 15) is 26.0 Å². The van der Waals surface area contributed by atoms with Gasteiger partial charge < -0.3 is 5.32 Å². The van der Waals surface area contributed by atoms with Gasteiger partial charge in [-0.2, -0.15) is 21.6 Å². The average Bonchev–Trinajstić information content (AvgIpc) is 2.70. The van der Waals surface area contributed by atoms with Crippen molar-refractivity contribution in [2.45, 2.75) is 24.5 Å². The van der Waals surface area contributed by atoms with Crippen molar-refractivity contribution in [2.75, 3.05) is 38.0 Å². The molecule has 11 heteroatoms. The van der Waals surface area contributed by atoms with Gasteiger partial charge in [-0.3, -0.25) is 9.80 Å². The topological polar surface area (TPSA) is 65.0 Å². The second kappa shape index (κ2) is 8.45. The highest BCUT2D eigenvalue weighted by atomic mass is 32.2. The average molecular weight is 470 g/mol. The Balaban J connectivity index is 1.37. The molecule has 1 saturated heterocycles. The van der Waals surface area contributed by atoms with Crippen molar-refractivity contribution in [1.29, 1.82) is 0 Å². The molecule has 2 aromatic carbocycles. The Morgan fingerprint density at radius 3 is 2.31 bits per heavy atom. The van der Waals surface area contributed by atoms with Crippen LogP contribution in [-0.4, -0.2) is 56.8 Å². The first-order valence-corrected chi connectivity index (χ1v) is 11.5. The second-order valence-corrected chi connectivity index (χ2v) is 9.57. The summed E-state index contributed by atoms with van der Waals surface area (Å²) < 4.78 is 81.7. The maximum Gasteiger partial charge on any atom is 0.416 e. The smallest absolute Gasteiger partial charge is 0.341 e. The lowest BCUT2D eigenvalue weighted by molar-refractivity contribution is -0.137. The monoisotopic (exact) mass is 470 g/mol. The third-order valence-electron chi connectivity index (χ3n) is 5.53. The van der Waals surface area contributed by atoms with E-state index in [4.69, 9.17) is 0 Å². The summed E-state index contributed by atoms with van der Waals surface area (Å²) in [6.07, 6.45) is -4.52. The number of amidine groups is 1. The first kappa shape index (κ1) is 22.7. The zero-order valence-electron chi connectivity index (χ0n) is 17.3. The normalized spacial score (nSPS) is 19.2. The van der Waals surface area contributed by atoms with Gasteiger partial charge in [0.1, 0.15) is 16.5 Å². The van der Waals surface area contributed by atoms with Gasteiger partial charge in [0.25, 0.3) is 10.0 Å². The molecule has 2 heterocycles. The van der Waals surface area contributed by atoms with E-state index in [2.05, 4.69) is 9.71 Å². The Morgan fingerprint density at radius 1 is 1.00 bits per heavy atom. The van der Waals surface area contributed by atoms with Crippen LogP contribution in [-0.2, 0) is 22.7 Å². The fourth-order valence-corrected chi connectivity index (χ4v) is 5.04. The fraction of sp³-hybridized carbons (Fsp3) is 0.381. The van der Waals surface area contributed by atoms with Crippen molar-refractivity contribution in [2.24, 2.45) is 4.40 Å². The van der Waals surface area contributed by atoms with Gasteiger partial charge in [0.05, 0.1) is 17.8 Å². The predicted octanol–water partition coefficient (Wildman–Crippen LogP) is 3.48. The molecule has 32 heavy (non-hydrogen) atoms. The largest absolute Gasteiger partial charge is 0.416 e.